The predicted molar refractivity (Wildman–Crippen MR) is 80.0 cm³/mol. The first-order valence-corrected chi connectivity index (χ1v) is 9.55. The van der Waals surface area contributed by atoms with Crippen LogP contribution in [0.2, 0.25) is 0 Å². The fourth-order valence-corrected chi connectivity index (χ4v) is 5.24. The summed E-state index contributed by atoms with van der Waals surface area (Å²) in [5, 5.41) is 3.57. The average molecular weight is 285 g/mol. The van der Waals surface area contributed by atoms with E-state index in [4.69, 9.17) is 0 Å². The number of hydrogen-bond donors (Lipinski definition) is 1. The lowest BCUT2D eigenvalue weighted by Crippen LogP contribution is -2.33. The molecule has 2 aliphatic rings. The smallest absolute Gasteiger partial charge is 0.150 e. The third kappa shape index (κ3) is 4.60. The van der Waals surface area contributed by atoms with Gasteiger partial charge in [-0.15, -0.1) is 0 Å². The van der Waals surface area contributed by atoms with Gasteiger partial charge in [-0.2, -0.15) is 0 Å². The molecule has 4 heteroatoms. The molecule has 1 fully saturated rings. The van der Waals surface area contributed by atoms with Crippen molar-refractivity contribution in [1.29, 1.82) is 0 Å². The summed E-state index contributed by atoms with van der Waals surface area (Å²) in [5.74, 6) is 1.16. The molecular formula is C15H27NO2S. The number of sulfone groups is 1. The molecule has 1 N–H and O–H groups in total. The number of nitrogens with one attached hydrogen (secondary N) is 1. The van der Waals surface area contributed by atoms with Crippen LogP contribution in [0.15, 0.2) is 11.6 Å². The van der Waals surface area contributed by atoms with Crippen LogP contribution in [0.5, 0.6) is 0 Å². The zero-order valence-corrected chi connectivity index (χ0v) is 12.8. The van der Waals surface area contributed by atoms with E-state index in [0.717, 1.165) is 19.4 Å². The maximum absolute atomic E-state index is 11.6. The van der Waals surface area contributed by atoms with E-state index < -0.39 is 9.84 Å². The molecule has 0 saturated carbocycles. The summed E-state index contributed by atoms with van der Waals surface area (Å²) in [4.78, 5) is 0. The van der Waals surface area contributed by atoms with Crippen molar-refractivity contribution in [2.75, 3.05) is 18.1 Å². The Morgan fingerprint density at radius 1 is 1.37 bits per heavy atom. The van der Waals surface area contributed by atoms with Crippen LogP contribution < -0.4 is 5.32 Å². The van der Waals surface area contributed by atoms with Gasteiger partial charge < -0.3 is 5.32 Å². The zero-order chi connectivity index (χ0) is 13.7. The topological polar surface area (TPSA) is 46.2 Å². The first kappa shape index (κ1) is 15.0. The molecule has 2 unspecified atom stereocenters. The van der Waals surface area contributed by atoms with Crippen LogP contribution in [0.25, 0.3) is 0 Å². The van der Waals surface area contributed by atoms with E-state index >= 15 is 0 Å². The van der Waals surface area contributed by atoms with Crippen molar-refractivity contribution >= 4 is 9.84 Å². The highest BCUT2D eigenvalue weighted by Gasteiger charge is 2.30. The lowest BCUT2D eigenvalue weighted by Gasteiger charge is -2.23. The summed E-state index contributed by atoms with van der Waals surface area (Å²) in [6, 6.07) is 0.404. The minimum atomic E-state index is -2.74. The third-order valence-corrected chi connectivity index (χ3v) is 6.21. The van der Waals surface area contributed by atoms with Gasteiger partial charge in [0.25, 0.3) is 0 Å². The summed E-state index contributed by atoms with van der Waals surface area (Å²) < 4.78 is 23.2. The van der Waals surface area contributed by atoms with E-state index in [1.165, 1.54) is 37.7 Å². The van der Waals surface area contributed by atoms with Crippen LogP contribution in [0.4, 0.5) is 0 Å². The van der Waals surface area contributed by atoms with Crippen molar-refractivity contribution in [3.63, 3.8) is 0 Å². The molecule has 1 heterocycles. The number of likely N-dealkylation sites (N-methyl/N-ethyl adjacent to an activating group) is 1. The van der Waals surface area contributed by atoms with Crippen molar-refractivity contribution in [1.82, 2.24) is 5.32 Å². The van der Waals surface area contributed by atoms with Crippen molar-refractivity contribution in [2.45, 2.75) is 57.9 Å². The molecule has 1 aliphatic heterocycles. The van der Waals surface area contributed by atoms with Crippen molar-refractivity contribution in [3.8, 4) is 0 Å². The molecule has 1 aliphatic carbocycles. The second kappa shape index (κ2) is 6.89. The SMILES string of the molecule is CCNC(CC1CCS(=O)(=O)C1)C1=CCCCCC1. The predicted octanol–water partition coefficient (Wildman–Crippen LogP) is 2.68. The van der Waals surface area contributed by atoms with E-state index in [1.54, 1.807) is 0 Å². The Labute approximate surface area is 117 Å². The molecule has 0 aromatic heterocycles. The molecule has 2 atom stereocenters. The van der Waals surface area contributed by atoms with Gasteiger partial charge in [0, 0.05) is 6.04 Å². The molecule has 0 bridgehead atoms. The Morgan fingerprint density at radius 2 is 2.21 bits per heavy atom. The van der Waals surface area contributed by atoms with E-state index in [2.05, 4.69) is 18.3 Å². The Hall–Kier alpha value is -0.350. The molecule has 110 valence electrons. The summed E-state index contributed by atoms with van der Waals surface area (Å²) in [7, 11) is -2.74. The maximum Gasteiger partial charge on any atom is 0.150 e. The van der Waals surface area contributed by atoms with E-state index in [1.807, 2.05) is 0 Å². The van der Waals surface area contributed by atoms with Crippen LogP contribution >= 0.6 is 0 Å². The van der Waals surface area contributed by atoms with Crippen molar-refractivity contribution in [3.05, 3.63) is 11.6 Å². The Kier molecular flexibility index (Phi) is 5.46. The third-order valence-electron chi connectivity index (χ3n) is 4.37. The Morgan fingerprint density at radius 3 is 2.89 bits per heavy atom. The minimum Gasteiger partial charge on any atom is -0.311 e. The van der Waals surface area contributed by atoms with Gasteiger partial charge in [0.1, 0.15) is 0 Å². The first-order valence-electron chi connectivity index (χ1n) is 7.73. The minimum absolute atomic E-state index is 0.359. The van der Waals surface area contributed by atoms with Gasteiger partial charge in [0.2, 0.25) is 0 Å². The Balaban J connectivity index is 1.97. The average Bonchev–Trinajstić information content (AvgIpc) is 2.58. The molecule has 0 amide bonds. The van der Waals surface area contributed by atoms with Gasteiger partial charge in [-0.1, -0.05) is 25.0 Å². The molecule has 1 saturated heterocycles. The summed E-state index contributed by atoms with van der Waals surface area (Å²) >= 11 is 0. The van der Waals surface area contributed by atoms with E-state index in [0.29, 0.717) is 23.5 Å². The van der Waals surface area contributed by atoms with Gasteiger partial charge in [0.15, 0.2) is 9.84 Å². The molecule has 0 spiro atoms. The van der Waals surface area contributed by atoms with E-state index in [-0.39, 0.29) is 0 Å². The Bertz CT molecular complexity index is 414. The number of hydrogen-bond acceptors (Lipinski definition) is 3. The molecule has 19 heavy (non-hydrogen) atoms. The fraction of sp³-hybridized carbons (Fsp3) is 0.867. The van der Waals surface area contributed by atoms with Crippen LogP contribution in [0.3, 0.4) is 0 Å². The van der Waals surface area contributed by atoms with Crippen LogP contribution in [0, 0.1) is 5.92 Å². The van der Waals surface area contributed by atoms with Crippen molar-refractivity contribution < 1.29 is 8.42 Å². The van der Waals surface area contributed by atoms with Gasteiger partial charge in [-0.25, -0.2) is 8.42 Å². The zero-order valence-electron chi connectivity index (χ0n) is 12.0. The normalized spacial score (nSPS) is 28.7. The van der Waals surface area contributed by atoms with Gasteiger partial charge in [0.05, 0.1) is 11.5 Å². The van der Waals surface area contributed by atoms with Gasteiger partial charge in [-0.3, -0.25) is 0 Å². The highest BCUT2D eigenvalue weighted by atomic mass is 32.2. The van der Waals surface area contributed by atoms with Gasteiger partial charge >= 0.3 is 0 Å². The first-order chi connectivity index (χ1) is 9.11. The van der Waals surface area contributed by atoms with Crippen LogP contribution in [-0.2, 0) is 9.84 Å². The molecular weight excluding hydrogens is 258 g/mol. The lowest BCUT2D eigenvalue weighted by molar-refractivity contribution is 0.438. The fourth-order valence-electron chi connectivity index (χ4n) is 3.36. The standard InChI is InChI=1S/C15H27NO2S/c1-2-16-15(14-7-5-3-4-6-8-14)11-13-9-10-19(17,18)12-13/h7,13,15-16H,2-6,8-12H2,1H3. The number of rotatable bonds is 5. The molecule has 0 aromatic carbocycles. The number of allylic oxidation sites excluding steroid dienone is 1. The highest BCUT2D eigenvalue weighted by Crippen LogP contribution is 2.28. The largest absolute Gasteiger partial charge is 0.311 e. The second-order valence-corrected chi connectivity index (χ2v) is 8.22. The highest BCUT2D eigenvalue weighted by molar-refractivity contribution is 7.91. The second-order valence-electron chi connectivity index (χ2n) is 5.99. The molecule has 2 rings (SSSR count). The summed E-state index contributed by atoms with van der Waals surface area (Å²) in [6.07, 6.45) is 10.6. The van der Waals surface area contributed by atoms with Crippen LogP contribution in [-0.4, -0.2) is 32.5 Å². The van der Waals surface area contributed by atoms with E-state index in [9.17, 15) is 8.42 Å². The molecule has 0 aromatic rings. The van der Waals surface area contributed by atoms with Crippen LogP contribution in [0.1, 0.15) is 51.9 Å². The van der Waals surface area contributed by atoms with Gasteiger partial charge in [-0.05, 0) is 51.0 Å². The molecule has 0 radical (unpaired) electrons. The quantitative estimate of drug-likeness (QED) is 0.790. The molecule has 3 nitrogen and oxygen atoms in total. The monoisotopic (exact) mass is 285 g/mol. The summed E-state index contributed by atoms with van der Waals surface area (Å²) in [6.45, 7) is 3.09. The maximum atomic E-state index is 11.6. The summed E-state index contributed by atoms with van der Waals surface area (Å²) in [5.41, 5.74) is 1.53. The lowest BCUT2D eigenvalue weighted by atomic mass is 9.92. The van der Waals surface area contributed by atoms with Crippen molar-refractivity contribution in [2.24, 2.45) is 5.92 Å².